The third kappa shape index (κ3) is 5.09. The summed E-state index contributed by atoms with van der Waals surface area (Å²) in [5.74, 6) is -0.462. The van der Waals surface area contributed by atoms with E-state index in [1.807, 2.05) is 0 Å². The molecule has 72 valence electrons. The first-order valence-electron chi connectivity index (χ1n) is 3.96. The molecule has 0 amide bonds. The van der Waals surface area contributed by atoms with Gasteiger partial charge in [-0.25, -0.2) is 0 Å². The van der Waals surface area contributed by atoms with Gasteiger partial charge in [0.1, 0.15) is 11.6 Å². The van der Waals surface area contributed by atoms with Gasteiger partial charge in [0.2, 0.25) is 0 Å². The molecule has 0 aromatic heterocycles. The molecule has 0 saturated heterocycles. The van der Waals surface area contributed by atoms with Crippen molar-refractivity contribution >= 4 is 5.97 Å². The summed E-state index contributed by atoms with van der Waals surface area (Å²) in [4.78, 5) is 11.1. The van der Waals surface area contributed by atoms with Crippen LogP contribution >= 0.6 is 0 Å². The maximum absolute atomic E-state index is 11.1. The monoisotopic (exact) mass is 175 g/mol. The van der Waals surface area contributed by atoms with Crippen LogP contribution in [0, 0.1) is 0 Å². The molecule has 0 bridgehead atoms. The minimum absolute atomic E-state index is 0.0968. The Bertz CT molecular complexity index is 151. The minimum Gasteiger partial charge on any atom is -0.459 e. The van der Waals surface area contributed by atoms with Gasteiger partial charge in [0.05, 0.1) is 0 Å². The Morgan fingerprint density at radius 1 is 1.58 bits per heavy atom. The van der Waals surface area contributed by atoms with E-state index in [1.165, 1.54) is 0 Å². The van der Waals surface area contributed by atoms with E-state index in [1.54, 1.807) is 20.8 Å². The van der Waals surface area contributed by atoms with Gasteiger partial charge in [-0.1, -0.05) is 0 Å². The zero-order valence-electron chi connectivity index (χ0n) is 7.83. The molecule has 12 heavy (non-hydrogen) atoms. The number of carbonyl (C=O) groups excluding carboxylic acids is 1. The molecule has 0 aromatic carbocycles. The predicted octanol–water partition coefficient (Wildman–Crippen LogP) is 0.0378. The van der Waals surface area contributed by atoms with Gasteiger partial charge in [-0.05, 0) is 27.2 Å². The molecule has 0 heterocycles. The Balaban J connectivity index is 3.87. The third-order valence-electron chi connectivity index (χ3n) is 1.15. The summed E-state index contributed by atoms with van der Waals surface area (Å²) in [6, 6.07) is -0.714. The number of aliphatic hydroxyl groups is 1. The first kappa shape index (κ1) is 11.4. The number of rotatable bonds is 3. The van der Waals surface area contributed by atoms with Crippen molar-refractivity contribution in [2.45, 2.75) is 38.8 Å². The fourth-order valence-corrected chi connectivity index (χ4v) is 0.634. The second-order valence-corrected chi connectivity index (χ2v) is 3.65. The summed E-state index contributed by atoms with van der Waals surface area (Å²) in [6.07, 6.45) is 0.245. The standard InChI is InChI=1S/C8H17NO3/c1-8(2,3)12-7(11)6(9)4-5-10/h6,10H,4-5,9H2,1-3H3/t6-/m1/s1. The third-order valence-corrected chi connectivity index (χ3v) is 1.15. The van der Waals surface area contributed by atoms with E-state index in [9.17, 15) is 4.79 Å². The van der Waals surface area contributed by atoms with E-state index in [4.69, 9.17) is 15.6 Å². The molecule has 0 rings (SSSR count). The van der Waals surface area contributed by atoms with E-state index < -0.39 is 17.6 Å². The second-order valence-electron chi connectivity index (χ2n) is 3.65. The Hall–Kier alpha value is -0.610. The van der Waals surface area contributed by atoms with E-state index in [2.05, 4.69) is 0 Å². The van der Waals surface area contributed by atoms with Crippen LogP contribution in [-0.2, 0) is 9.53 Å². The Morgan fingerprint density at radius 3 is 2.42 bits per heavy atom. The normalized spacial score (nSPS) is 14.1. The summed E-state index contributed by atoms with van der Waals surface area (Å²) in [7, 11) is 0. The second kappa shape index (κ2) is 4.42. The molecule has 4 heteroatoms. The average Bonchev–Trinajstić information content (AvgIpc) is 1.84. The maximum Gasteiger partial charge on any atom is 0.323 e. The summed E-state index contributed by atoms with van der Waals surface area (Å²) in [6.45, 7) is 5.23. The quantitative estimate of drug-likeness (QED) is 0.594. The first-order chi connectivity index (χ1) is 5.37. The first-order valence-corrected chi connectivity index (χ1v) is 3.96. The Kier molecular flexibility index (Phi) is 4.20. The number of esters is 1. The van der Waals surface area contributed by atoms with Gasteiger partial charge in [0.25, 0.3) is 0 Å². The summed E-state index contributed by atoms with van der Waals surface area (Å²) < 4.78 is 4.98. The topological polar surface area (TPSA) is 72.5 Å². The van der Waals surface area contributed by atoms with Gasteiger partial charge in [-0.2, -0.15) is 0 Å². The van der Waals surface area contributed by atoms with Crippen LogP contribution in [0.1, 0.15) is 27.2 Å². The van der Waals surface area contributed by atoms with Crippen LogP contribution in [0.4, 0.5) is 0 Å². The van der Waals surface area contributed by atoms with Crippen molar-refractivity contribution in [2.24, 2.45) is 5.73 Å². The van der Waals surface area contributed by atoms with Crippen molar-refractivity contribution in [1.82, 2.24) is 0 Å². The van der Waals surface area contributed by atoms with E-state index in [-0.39, 0.29) is 13.0 Å². The molecule has 0 aromatic rings. The molecular weight excluding hydrogens is 158 g/mol. The molecule has 3 N–H and O–H groups in total. The highest BCUT2D eigenvalue weighted by molar-refractivity contribution is 5.75. The maximum atomic E-state index is 11.1. The highest BCUT2D eigenvalue weighted by Crippen LogP contribution is 2.08. The average molecular weight is 175 g/mol. The van der Waals surface area contributed by atoms with Gasteiger partial charge >= 0.3 is 5.97 Å². The fourth-order valence-electron chi connectivity index (χ4n) is 0.634. The summed E-state index contributed by atoms with van der Waals surface area (Å²) >= 11 is 0. The lowest BCUT2D eigenvalue weighted by atomic mass is 10.2. The molecule has 0 saturated carbocycles. The Labute approximate surface area is 72.7 Å². The van der Waals surface area contributed by atoms with Crippen molar-refractivity contribution < 1.29 is 14.6 Å². The van der Waals surface area contributed by atoms with Crippen LogP contribution < -0.4 is 5.73 Å². The van der Waals surface area contributed by atoms with Crippen LogP contribution in [0.3, 0.4) is 0 Å². The molecular formula is C8H17NO3. The molecule has 1 atom stereocenters. The van der Waals surface area contributed by atoms with Crippen molar-refractivity contribution in [2.75, 3.05) is 6.61 Å². The van der Waals surface area contributed by atoms with Crippen LogP contribution in [0.15, 0.2) is 0 Å². The zero-order chi connectivity index (χ0) is 9.78. The highest BCUT2D eigenvalue weighted by atomic mass is 16.6. The lowest BCUT2D eigenvalue weighted by Crippen LogP contribution is -2.37. The molecule has 0 unspecified atom stereocenters. The predicted molar refractivity (Wildman–Crippen MR) is 45.5 cm³/mol. The minimum atomic E-state index is -0.714. The van der Waals surface area contributed by atoms with E-state index in [0.717, 1.165) is 0 Å². The van der Waals surface area contributed by atoms with E-state index >= 15 is 0 Å². The number of carbonyl (C=O) groups is 1. The summed E-state index contributed by atoms with van der Waals surface area (Å²) in [5.41, 5.74) is 4.89. The number of hydrogen-bond donors (Lipinski definition) is 2. The molecule has 0 spiro atoms. The largest absolute Gasteiger partial charge is 0.459 e. The smallest absolute Gasteiger partial charge is 0.323 e. The van der Waals surface area contributed by atoms with Gasteiger partial charge in [0.15, 0.2) is 0 Å². The van der Waals surface area contributed by atoms with Gasteiger partial charge in [0, 0.05) is 6.61 Å². The van der Waals surface area contributed by atoms with Crippen LogP contribution in [0.2, 0.25) is 0 Å². The highest BCUT2D eigenvalue weighted by Gasteiger charge is 2.21. The number of ether oxygens (including phenoxy) is 1. The van der Waals surface area contributed by atoms with Crippen LogP contribution in [-0.4, -0.2) is 29.3 Å². The van der Waals surface area contributed by atoms with Gasteiger partial charge < -0.3 is 15.6 Å². The van der Waals surface area contributed by atoms with Crippen molar-refractivity contribution in [3.05, 3.63) is 0 Å². The molecule has 0 fully saturated rings. The van der Waals surface area contributed by atoms with Crippen LogP contribution in [0.25, 0.3) is 0 Å². The van der Waals surface area contributed by atoms with Crippen LogP contribution in [0.5, 0.6) is 0 Å². The van der Waals surface area contributed by atoms with Crippen molar-refractivity contribution in [3.8, 4) is 0 Å². The van der Waals surface area contributed by atoms with E-state index in [0.29, 0.717) is 0 Å². The van der Waals surface area contributed by atoms with Crippen molar-refractivity contribution in [3.63, 3.8) is 0 Å². The van der Waals surface area contributed by atoms with Crippen molar-refractivity contribution in [1.29, 1.82) is 0 Å². The summed E-state index contributed by atoms with van der Waals surface area (Å²) in [5, 5.41) is 8.50. The number of aliphatic hydroxyl groups excluding tert-OH is 1. The lowest BCUT2D eigenvalue weighted by Gasteiger charge is -2.21. The molecule has 0 aliphatic heterocycles. The fraction of sp³-hybridized carbons (Fsp3) is 0.875. The molecule has 0 aliphatic rings. The SMILES string of the molecule is CC(C)(C)OC(=O)[C@H](N)CCO. The van der Waals surface area contributed by atoms with Gasteiger partial charge in [-0.3, -0.25) is 4.79 Å². The van der Waals surface area contributed by atoms with Gasteiger partial charge in [-0.15, -0.1) is 0 Å². The molecule has 0 radical (unpaired) electrons. The number of hydrogen-bond acceptors (Lipinski definition) is 4. The Morgan fingerprint density at radius 2 is 2.08 bits per heavy atom. The molecule has 4 nitrogen and oxygen atoms in total. The zero-order valence-corrected chi connectivity index (χ0v) is 7.83. The number of nitrogens with two attached hydrogens (primary N) is 1. The lowest BCUT2D eigenvalue weighted by molar-refractivity contribution is -0.156. The molecule has 0 aliphatic carbocycles.